The molecule has 0 amide bonds. The lowest BCUT2D eigenvalue weighted by Crippen LogP contribution is -2.24. The van der Waals surface area contributed by atoms with Crippen molar-refractivity contribution in [3.05, 3.63) is 88.5 Å². The minimum absolute atomic E-state index is 0.119. The fraction of sp³-hybridized carbons (Fsp3) is 0.125. The van der Waals surface area contributed by atoms with Gasteiger partial charge in [0.2, 0.25) is 5.78 Å². The normalized spacial score (nSPS) is 13.9. The number of aromatic hydroxyl groups is 2. The van der Waals surface area contributed by atoms with Crippen LogP contribution in [0.15, 0.2) is 60.7 Å². The van der Waals surface area contributed by atoms with Gasteiger partial charge in [0.05, 0.1) is 24.2 Å². The number of fused-ring (bicyclic) bond motifs is 2. The quantitative estimate of drug-likeness (QED) is 0.678. The summed E-state index contributed by atoms with van der Waals surface area (Å²) in [5.74, 6) is 2.13. The molecular weight excluding hydrogens is 352 g/mol. The highest BCUT2D eigenvalue weighted by Gasteiger charge is 2.38. The number of ketones is 1. The molecule has 1 atom stereocenters. The first kappa shape index (κ1) is 17.7. The van der Waals surface area contributed by atoms with Crippen molar-refractivity contribution in [3.63, 3.8) is 0 Å². The lowest BCUT2D eigenvalue weighted by molar-refractivity contribution is 0.102. The van der Waals surface area contributed by atoms with E-state index in [9.17, 15) is 15.0 Å². The molecule has 0 unspecified atom stereocenters. The average Bonchev–Trinajstić information content (AvgIpc) is 2.71. The van der Waals surface area contributed by atoms with Gasteiger partial charge in [-0.15, -0.1) is 6.42 Å². The van der Waals surface area contributed by atoms with Crippen LogP contribution in [0.1, 0.15) is 44.4 Å². The van der Waals surface area contributed by atoms with Gasteiger partial charge in [-0.25, -0.2) is 0 Å². The molecule has 0 aromatic heterocycles. The Morgan fingerprint density at radius 3 is 1.93 bits per heavy atom. The number of ether oxygens (including phenoxy) is 1. The first-order valence-corrected chi connectivity index (χ1v) is 8.85. The van der Waals surface area contributed by atoms with Crippen LogP contribution in [0.2, 0.25) is 0 Å². The van der Waals surface area contributed by atoms with Gasteiger partial charge in [0.25, 0.3) is 0 Å². The van der Waals surface area contributed by atoms with Crippen LogP contribution in [0.4, 0.5) is 0 Å². The Bertz CT molecular complexity index is 1050. The van der Waals surface area contributed by atoms with Crippen molar-refractivity contribution in [3.8, 4) is 29.6 Å². The Morgan fingerprint density at radius 2 is 1.46 bits per heavy atom. The molecule has 28 heavy (non-hydrogen) atoms. The van der Waals surface area contributed by atoms with E-state index >= 15 is 0 Å². The zero-order valence-corrected chi connectivity index (χ0v) is 15.2. The molecule has 1 aliphatic rings. The predicted octanol–water partition coefficient (Wildman–Crippen LogP) is 4.20. The summed E-state index contributed by atoms with van der Waals surface area (Å²) in [6, 6.07) is 17.4. The second-order valence-electron chi connectivity index (χ2n) is 6.71. The Hall–Kier alpha value is -3.71. The first-order chi connectivity index (χ1) is 13.6. The van der Waals surface area contributed by atoms with Crippen molar-refractivity contribution >= 4 is 5.78 Å². The topological polar surface area (TPSA) is 66.8 Å². The SMILES string of the molecule is C#C[C@H](c1ccc(OC)cc1)C1c2cccc(O)c2C(=O)c2c(O)cccc21. The molecule has 0 saturated heterocycles. The van der Waals surface area contributed by atoms with E-state index < -0.39 is 11.7 Å². The Morgan fingerprint density at radius 1 is 0.929 bits per heavy atom. The van der Waals surface area contributed by atoms with Crippen LogP contribution in [0.5, 0.6) is 17.2 Å². The molecule has 138 valence electrons. The number of hydrogen-bond acceptors (Lipinski definition) is 4. The van der Waals surface area contributed by atoms with Crippen LogP contribution in [0.25, 0.3) is 0 Å². The number of hydrogen-bond donors (Lipinski definition) is 2. The highest BCUT2D eigenvalue weighted by molar-refractivity contribution is 6.16. The molecule has 0 spiro atoms. The van der Waals surface area contributed by atoms with Crippen molar-refractivity contribution in [2.45, 2.75) is 11.8 Å². The third-order valence-electron chi connectivity index (χ3n) is 5.26. The fourth-order valence-corrected chi connectivity index (χ4v) is 3.98. The Kier molecular flexibility index (Phi) is 4.29. The monoisotopic (exact) mass is 370 g/mol. The van der Waals surface area contributed by atoms with Gasteiger partial charge in [-0.2, -0.15) is 0 Å². The summed E-state index contributed by atoms with van der Waals surface area (Å²) >= 11 is 0. The molecule has 1 aliphatic carbocycles. The van der Waals surface area contributed by atoms with Crippen molar-refractivity contribution in [2.24, 2.45) is 0 Å². The number of methoxy groups -OCH3 is 1. The summed E-state index contributed by atoms with van der Waals surface area (Å²) in [6.07, 6.45) is 5.94. The number of terminal acetylenes is 1. The van der Waals surface area contributed by atoms with Crippen LogP contribution in [-0.2, 0) is 0 Å². The van der Waals surface area contributed by atoms with E-state index in [-0.39, 0.29) is 28.5 Å². The Labute approximate surface area is 163 Å². The van der Waals surface area contributed by atoms with E-state index in [1.165, 1.54) is 12.1 Å². The number of rotatable bonds is 3. The second kappa shape index (κ2) is 6.79. The van der Waals surface area contributed by atoms with E-state index in [0.29, 0.717) is 11.1 Å². The van der Waals surface area contributed by atoms with Crippen molar-refractivity contribution < 1.29 is 19.7 Å². The second-order valence-corrected chi connectivity index (χ2v) is 6.71. The highest BCUT2D eigenvalue weighted by Crippen LogP contribution is 2.48. The number of phenols is 2. The third-order valence-corrected chi connectivity index (χ3v) is 5.26. The van der Waals surface area contributed by atoms with Crippen molar-refractivity contribution in [2.75, 3.05) is 7.11 Å². The predicted molar refractivity (Wildman–Crippen MR) is 106 cm³/mol. The molecular formula is C24H18O4. The van der Waals surface area contributed by atoms with Gasteiger partial charge in [0.15, 0.2) is 0 Å². The zero-order chi connectivity index (χ0) is 19.8. The average molecular weight is 370 g/mol. The molecule has 0 radical (unpaired) electrons. The number of carbonyl (C=O) groups excluding carboxylic acids is 1. The van der Waals surface area contributed by atoms with Gasteiger partial charge in [-0.05, 0) is 41.0 Å². The first-order valence-electron chi connectivity index (χ1n) is 8.85. The highest BCUT2D eigenvalue weighted by atomic mass is 16.5. The molecule has 3 aromatic carbocycles. The lowest BCUT2D eigenvalue weighted by Gasteiger charge is -2.32. The van der Waals surface area contributed by atoms with Crippen molar-refractivity contribution in [1.29, 1.82) is 0 Å². The summed E-state index contributed by atoms with van der Waals surface area (Å²) in [7, 11) is 1.60. The summed E-state index contributed by atoms with van der Waals surface area (Å²) < 4.78 is 5.22. The van der Waals surface area contributed by atoms with Crippen LogP contribution >= 0.6 is 0 Å². The molecule has 2 N–H and O–H groups in total. The van der Waals surface area contributed by atoms with Crippen LogP contribution in [-0.4, -0.2) is 23.1 Å². The number of carbonyl (C=O) groups is 1. The smallest absolute Gasteiger partial charge is 0.201 e. The van der Waals surface area contributed by atoms with E-state index in [2.05, 4.69) is 5.92 Å². The summed E-state index contributed by atoms with van der Waals surface area (Å²) in [6.45, 7) is 0. The number of benzene rings is 3. The lowest BCUT2D eigenvalue weighted by atomic mass is 9.69. The largest absolute Gasteiger partial charge is 0.507 e. The van der Waals surface area contributed by atoms with E-state index in [0.717, 1.165) is 11.3 Å². The van der Waals surface area contributed by atoms with Gasteiger partial charge in [0, 0.05) is 5.92 Å². The van der Waals surface area contributed by atoms with Gasteiger partial charge in [0.1, 0.15) is 17.2 Å². The van der Waals surface area contributed by atoms with Gasteiger partial charge in [-0.3, -0.25) is 4.79 Å². The zero-order valence-electron chi connectivity index (χ0n) is 15.2. The maximum atomic E-state index is 13.0. The minimum Gasteiger partial charge on any atom is -0.507 e. The van der Waals surface area contributed by atoms with Gasteiger partial charge < -0.3 is 14.9 Å². The molecule has 4 nitrogen and oxygen atoms in total. The third kappa shape index (κ3) is 2.60. The minimum atomic E-state index is -0.403. The summed E-state index contributed by atoms with van der Waals surface area (Å²) in [4.78, 5) is 13.0. The molecule has 0 fully saturated rings. The molecule has 0 saturated carbocycles. The van der Waals surface area contributed by atoms with Gasteiger partial charge in [-0.1, -0.05) is 42.3 Å². The number of phenolic OH excluding ortho intramolecular Hbond substituents is 2. The molecule has 3 aromatic rings. The molecule has 0 bridgehead atoms. The van der Waals surface area contributed by atoms with Crippen LogP contribution in [0, 0.1) is 12.3 Å². The molecule has 4 heteroatoms. The standard InChI is InChI=1S/C24H18O4/c1-3-16(14-10-12-15(28-2)13-11-14)21-17-6-4-8-19(25)22(17)24(27)23-18(21)7-5-9-20(23)26/h1,4-13,16,21,25-26H,2H3/t16-/m1/s1. The van der Waals surface area contributed by atoms with E-state index in [1.807, 2.05) is 24.3 Å². The molecule has 0 aliphatic heterocycles. The fourth-order valence-electron chi connectivity index (χ4n) is 3.98. The Balaban J connectivity index is 1.97. The van der Waals surface area contributed by atoms with Gasteiger partial charge >= 0.3 is 0 Å². The van der Waals surface area contributed by atoms with E-state index in [4.69, 9.17) is 11.2 Å². The maximum Gasteiger partial charge on any atom is 0.201 e. The van der Waals surface area contributed by atoms with E-state index in [1.54, 1.807) is 31.4 Å². The summed E-state index contributed by atoms with van der Waals surface area (Å²) in [5.41, 5.74) is 2.57. The molecule has 4 rings (SSSR count). The summed E-state index contributed by atoms with van der Waals surface area (Å²) in [5, 5.41) is 20.8. The maximum absolute atomic E-state index is 13.0. The molecule has 0 heterocycles. The van der Waals surface area contributed by atoms with Crippen molar-refractivity contribution in [1.82, 2.24) is 0 Å². The van der Waals surface area contributed by atoms with Crippen LogP contribution in [0.3, 0.4) is 0 Å². The van der Waals surface area contributed by atoms with Crippen LogP contribution < -0.4 is 4.74 Å².